The van der Waals surface area contributed by atoms with Crippen molar-refractivity contribution in [3.63, 3.8) is 0 Å². The Labute approximate surface area is 102 Å². The molecule has 1 aliphatic rings. The molecule has 1 aliphatic carbocycles. The number of nitrogens with two attached hydrogens (primary N) is 1. The van der Waals surface area contributed by atoms with E-state index in [9.17, 15) is 4.79 Å². The van der Waals surface area contributed by atoms with Crippen LogP contribution in [0.3, 0.4) is 0 Å². The smallest absolute Gasteiger partial charge is 0.253 e. The van der Waals surface area contributed by atoms with E-state index in [0.717, 1.165) is 5.69 Å². The minimum atomic E-state index is -0.0324. The van der Waals surface area contributed by atoms with Gasteiger partial charge >= 0.3 is 0 Å². The van der Waals surface area contributed by atoms with Crippen molar-refractivity contribution >= 4 is 17.3 Å². The highest BCUT2D eigenvalue weighted by Gasteiger charge is 2.28. The van der Waals surface area contributed by atoms with Gasteiger partial charge in [-0.3, -0.25) is 4.79 Å². The molecular formula is C13H19N3O. The van der Waals surface area contributed by atoms with Gasteiger partial charge in [-0.2, -0.15) is 0 Å². The fourth-order valence-corrected chi connectivity index (χ4v) is 1.95. The molecule has 1 aromatic carbocycles. The summed E-state index contributed by atoms with van der Waals surface area (Å²) in [6.45, 7) is 2.55. The zero-order valence-corrected chi connectivity index (χ0v) is 10.4. The van der Waals surface area contributed by atoms with Gasteiger partial charge in [-0.25, -0.2) is 0 Å². The van der Waals surface area contributed by atoms with E-state index in [0.29, 0.717) is 23.8 Å². The van der Waals surface area contributed by atoms with E-state index in [1.54, 1.807) is 12.1 Å². The fourth-order valence-electron chi connectivity index (χ4n) is 1.95. The number of anilines is 2. The molecule has 1 aromatic rings. The first-order valence-electron chi connectivity index (χ1n) is 6.04. The molecule has 4 heteroatoms. The Morgan fingerprint density at radius 2 is 2.24 bits per heavy atom. The zero-order chi connectivity index (χ0) is 12.4. The Hall–Kier alpha value is -1.71. The van der Waals surface area contributed by atoms with Crippen LogP contribution >= 0.6 is 0 Å². The lowest BCUT2D eigenvalue weighted by Crippen LogP contribution is -2.27. The number of hydrogen-bond acceptors (Lipinski definition) is 3. The third-order valence-corrected chi connectivity index (χ3v) is 3.08. The van der Waals surface area contributed by atoms with Gasteiger partial charge in [-0.05, 0) is 38.0 Å². The van der Waals surface area contributed by atoms with Gasteiger partial charge in [0.25, 0.3) is 5.91 Å². The molecule has 0 radical (unpaired) electrons. The van der Waals surface area contributed by atoms with Crippen molar-refractivity contribution in [1.82, 2.24) is 5.32 Å². The Kier molecular flexibility index (Phi) is 3.22. The quantitative estimate of drug-likeness (QED) is 0.777. The number of carbonyl (C=O) groups excluding carboxylic acids is 1. The summed E-state index contributed by atoms with van der Waals surface area (Å²) in [6.07, 6.45) is 2.39. The monoisotopic (exact) mass is 233 g/mol. The highest BCUT2D eigenvalue weighted by atomic mass is 16.1. The molecule has 1 fully saturated rings. The minimum absolute atomic E-state index is 0.0324. The van der Waals surface area contributed by atoms with Crippen molar-refractivity contribution in [2.75, 3.05) is 24.2 Å². The summed E-state index contributed by atoms with van der Waals surface area (Å²) in [6, 6.07) is 6.01. The van der Waals surface area contributed by atoms with Crippen LogP contribution in [0, 0.1) is 0 Å². The molecule has 4 nitrogen and oxygen atoms in total. The lowest BCUT2D eigenvalue weighted by Gasteiger charge is -2.22. The molecule has 0 heterocycles. The van der Waals surface area contributed by atoms with Gasteiger partial charge in [-0.15, -0.1) is 0 Å². The van der Waals surface area contributed by atoms with Crippen LogP contribution in [-0.2, 0) is 0 Å². The fraction of sp³-hybridized carbons (Fsp3) is 0.462. The van der Waals surface area contributed by atoms with E-state index in [4.69, 9.17) is 5.73 Å². The molecule has 92 valence electrons. The van der Waals surface area contributed by atoms with Crippen LogP contribution in [0.2, 0.25) is 0 Å². The molecule has 1 amide bonds. The van der Waals surface area contributed by atoms with Gasteiger partial charge in [0, 0.05) is 25.3 Å². The summed E-state index contributed by atoms with van der Waals surface area (Å²) < 4.78 is 0. The van der Waals surface area contributed by atoms with E-state index < -0.39 is 0 Å². The maximum Gasteiger partial charge on any atom is 0.253 e. The number of rotatable bonds is 4. The van der Waals surface area contributed by atoms with Gasteiger partial charge in [0.1, 0.15) is 0 Å². The lowest BCUT2D eigenvalue weighted by molar-refractivity contribution is 0.0956. The first-order valence-corrected chi connectivity index (χ1v) is 6.04. The number of nitrogens with one attached hydrogen (secondary N) is 1. The number of nitrogen functional groups attached to an aromatic ring is 1. The van der Waals surface area contributed by atoms with Crippen LogP contribution < -0.4 is 16.0 Å². The molecule has 0 atom stereocenters. The standard InChI is InChI=1S/C13H19N3O/c1-3-15-13(17)11-7-4-9(14)8-12(11)16(2)10-5-6-10/h4,7-8,10H,3,5-6,14H2,1-2H3,(H,15,17). The first-order chi connectivity index (χ1) is 8.13. The summed E-state index contributed by atoms with van der Waals surface area (Å²) in [5.74, 6) is -0.0324. The Bertz CT molecular complexity index is 427. The average molecular weight is 233 g/mol. The molecule has 2 rings (SSSR count). The largest absolute Gasteiger partial charge is 0.399 e. The van der Waals surface area contributed by atoms with Crippen LogP contribution in [0.1, 0.15) is 30.1 Å². The predicted molar refractivity (Wildman–Crippen MR) is 70.3 cm³/mol. The SMILES string of the molecule is CCNC(=O)c1ccc(N)cc1N(C)C1CC1. The van der Waals surface area contributed by atoms with Crippen molar-refractivity contribution in [3.8, 4) is 0 Å². The average Bonchev–Trinajstić information content (AvgIpc) is 3.12. The van der Waals surface area contributed by atoms with Crippen LogP contribution in [0.4, 0.5) is 11.4 Å². The van der Waals surface area contributed by atoms with Gasteiger partial charge in [0.15, 0.2) is 0 Å². The molecule has 3 N–H and O–H groups in total. The molecule has 1 saturated carbocycles. The molecule has 0 unspecified atom stereocenters. The second-order valence-corrected chi connectivity index (χ2v) is 4.48. The number of benzene rings is 1. The van der Waals surface area contributed by atoms with Crippen LogP contribution in [0.15, 0.2) is 18.2 Å². The summed E-state index contributed by atoms with van der Waals surface area (Å²) in [7, 11) is 2.02. The van der Waals surface area contributed by atoms with E-state index in [-0.39, 0.29) is 5.91 Å². The third-order valence-electron chi connectivity index (χ3n) is 3.08. The molecule has 0 spiro atoms. The maximum atomic E-state index is 11.9. The van der Waals surface area contributed by atoms with E-state index in [1.165, 1.54) is 12.8 Å². The maximum absolute atomic E-state index is 11.9. The number of carbonyl (C=O) groups is 1. The Morgan fingerprint density at radius 1 is 1.53 bits per heavy atom. The summed E-state index contributed by atoms with van der Waals surface area (Å²) in [5.41, 5.74) is 8.13. The first kappa shape index (κ1) is 11.8. The summed E-state index contributed by atoms with van der Waals surface area (Å²) >= 11 is 0. The van der Waals surface area contributed by atoms with Crippen LogP contribution in [-0.4, -0.2) is 25.5 Å². The zero-order valence-electron chi connectivity index (χ0n) is 10.4. The topological polar surface area (TPSA) is 58.4 Å². The third kappa shape index (κ3) is 2.52. The van der Waals surface area contributed by atoms with Gasteiger partial charge < -0.3 is 16.0 Å². The van der Waals surface area contributed by atoms with Crippen LogP contribution in [0.5, 0.6) is 0 Å². The number of nitrogens with zero attached hydrogens (tertiary/aromatic N) is 1. The van der Waals surface area contributed by atoms with Crippen molar-refractivity contribution in [1.29, 1.82) is 0 Å². The van der Waals surface area contributed by atoms with Crippen molar-refractivity contribution in [3.05, 3.63) is 23.8 Å². The Morgan fingerprint density at radius 3 is 2.82 bits per heavy atom. The minimum Gasteiger partial charge on any atom is -0.399 e. The summed E-state index contributed by atoms with van der Waals surface area (Å²) in [4.78, 5) is 14.1. The molecular weight excluding hydrogens is 214 g/mol. The van der Waals surface area contributed by atoms with Gasteiger partial charge in [-0.1, -0.05) is 0 Å². The molecule has 17 heavy (non-hydrogen) atoms. The highest BCUT2D eigenvalue weighted by Crippen LogP contribution is 2.33. The van der Waals surface area contributed by atoms with E-state index in [2.05, 4.69) is 10.2 Å². The van der Waals surface area contributed by atoms with Gasteiger partial charge in [0.2, 0.25) is 0 Å². The van der Waals surface area contributed by atoms with Gasteiger partial charge in [0.05, 0.1) is 11.3 Å². The van der Waals surface area contributed by atoms with Crippen molar-refractivity contribution in [2.24, 2.45) is 0 Å². The normalized spacial score (nSPS) is 14.5. The molecule has 0 saturated heterocycles. The van der Waals surface area contributed by atoms with E-state index >= 15 is 0 Å². The van der Waals surface area contributed by atoms with Crippen molar-refractivity contribution < 1.29 is 4.79 Å². The second kappa shape index (κ2) is 4.65. The molecule has 0 aromatic heterocycles. The highest BCUT2D eigenvalue weighted by molar-refractivity contribution is 6.00. The number of amides is 1. The lowest BCUT2D eigenvalue weighted by atomic mass is 10.1. The second-order valence-electron chi connectivity index (χ2n) is 4.48. The molecule has 0 bridgehead atoms. The van der Waals surface area contributed by atoms with E-state index in [1.807, 2.05) is 20.0 Å². The Balaban J connectivity index is 2.32. The number of hydrogen-bond donors (Lipinski definition) is 2. The van der Waals surface area contributed by atoms with Crippen molar-refractivity contribution in [2.45, 2.75) is 25.8 Å². The van der Waals surface area contributed by atoms with Crippen LogP contribution in [0.25, 0.3) is 0 Å². The summed E-state index contributed by atoms with van der Waals surface area (Å²) in [5, 5.41) is 2.83. The predicted octanol–water partition coefficient (Wildman–Crippen LogP) is 1.62. The molecule has 0 aliphatic heterocycles.